The first kappa shape index (κ1) is 11.3. The van der Waals surface area contributed by atoms with E-state index in [1.807, 2.05) is 6.07 Å². The molecule has 0 N–H and O–H groups in total. The van der Waals surface area contributed by atoms with E-state index in [4.69, 9.17) is 4.74 Å². The van der Waals surface area contributed by atoms with Crippen molar-refractivity contribution in [3.05, 3.63) is 41.5 Å². The van der Waals surface area contributed by atoms with Gasteiger partial charge >= 0.3 is 0 Å². The molecule has 0 saturated heterocycles. The minimum absolute atomic E-state index is 0.611. The Balaban J connectivity index is 2.30. The summed E-state index contributed by atoms with van der Waals surface area (Å²) in [7, 11) is 1.76. The molecular weight excluding hydrogens is 196 g/mol. The van der Waals surface area contributed by atoms with Crippen molar-refractivity contribution in [2.24, 2.45) is 5.92 Å². The van der Waals surface area contributed by atoms with Crippen molar-refractivity contribution < 1.29 is 4.74 Å². The van der Waals surface area contributed by atoms with Gasteiger partial charge in [0.05, 0.1) is 7.11 Å². The van der Waals surface area contributed by atoms with Crippen LogP contribution < -0.4 is 4.74 Å². The number of rotatable bonds is 2. The molecule has 1 nitrogen and oxygen atoms in total. The Morgan fingerprint density at radius 1 is 1.25 bits per heavy atom. The molecule has 1 aromatic rings. The van der Waals surface area contributed by atoms with Crippen molar-refractivity contribution >= 4 is 0 Å². The minimum Gasteiger partial charge on any atom is -0.496 e. The molecule has 0 bridgehead atoms. The fourth-order valence-corrected chi connectivity index (χ4v) is 2.70. The van der Waals surface area contributed by atoms with Gasteiger partial charge in [-0.1, -0.05) is 36.8 Å². The highest BCUT2D eigenvalue weighted by atomic mass is 16.5. The fraction of sp³-hybridized carbons (Fsp3) is 0.467. The lowest BCUT2D eigenvalue weighted by Gasteiger charge is -2.29. The molecule has 2 rings (SSSR count). The molecule has 1 aliphatic rings. The summed E-state index contributed by atoms with van der Waals surface area (Å²) in [4.78, 5) is 0. The molecule has 0 radical (unpaired) electrons. The van der Waals surface area contributed by atoms with Crippen LogP contribution in [-0.4, -0.2) is 7.11 Å². The Labute approximate surface area is 98.1 Å². The van der Waals surface area contributed by atoms with Crippen LogP contribution in [0.3, 0.4) is 0 Å². The van der Waals surface area contributed by atoms with E-state index < -0.39 is 0 Å². The molecule has 1 aromatic carbocycles. The van der Waals surface area contributed by atoms with Crippen LogP contribution in [0, 0.1) is 5.92 Å². The summed E-state index contributed by atoms with van der Waals surface area (Å²) in [6, 6.07) is 8.41. The van der Waals surface area contributed by atoms with E-state index in [2.05, 4.69) is 38.1 Å². The second kappa shape index (κ2) is 4.73. The highest BCUT2D eigenvalue weighted by Gasteiger charge is 2.24. The van der Waals surface area contributed by atoms with Crippen LogP contribution in [0.25, 0.3) is 0 Å². The Bertz CT molecular complexity index is 392. The molecule has 16 heavy (non-hydrogen) atoms. The quantitative estimate of drug-likeness (QED) is 0.675. The largest absolute Gasteiger partial charge is 0.496 e. The number of ether oxygens (including phenoxy) is 1. The smallest absolute Gasteiger partial charge is 0.122 e. The van der Waals surface area contributed by atoms with Gasteiger partial charge in [-0.05, 0) is 43.2 Å². The van der Waals surface area contributed by atoms with Crippen LogP contribution in [0.5, 0.6) is 5.75 Å². The van der Waals surface area contributed by atoms with Crippen molar-refractivity contribution in [2.45, 2.75) is 32.6 Å². The molecule has 1 unspecified atom stereocenters. The van der Waals surface area contributed by atoms with Gasteiger partial charge in [0.2, 0.25) is 0 Å². The fourth-order valence-electron chi connectivity index (χ4n) is 2.70. The number of hydrogen-bond donors (Lipinski definition) is 0. The summed E-state index contributed by atoms with van der Waals surface area (Å²) in [5.74, 6) is 2.36. The van der Waals surface area contributed by atoms with Gasteiger partial charge in [-0.25, -0.2) is 0 Å². The molecular formula is C15H20O. The number of para-hydroxylation sites is 1. The lowest BCUT2D eigenvalue weighted by molar-refractivity contribution is 0.382. The van der Waals surface area contributed by atoms with E-state index >= 15 is 0 Å². The molecule has 0 aliphatic heterocycles. The maximum Gasteiger partial charge on any atom is 0.122 e. The average molecular weight is 216 g/mol. The summed E-state index contributed by atoms with van der Waals surface area (Å²) < 4.78 is 5.45. The lowest BCUT2D eigenvalue weighted by Crippen LogP contribution is -2.14. The van der Waals surface area contributed by atoms with Crippen LogP contribution in [0.2, 0.25) is 0 Å². The third-order valence-corrected chi connectivity index (χ3v) is 3.59. The van der Waals surface area contributed by atoms with Gasteiger partial charge in [-0.15, -0.1) is 0 Å². The van der Waals surface area contributed by atoms with E-state index in [1.54, 1.807) is 7.11 Å². The number of hydrogen-bond acceptors (Lipinski definition) is 1. The van der Waals surface area contributed by atoms with Crippen molar-refractivity contribution in [3.8, 4) is 5.75 Å². The Kier molecular flexibility index (Phi) is 3.33. The van der Waals surface area contributed by atoms with Gasteiger partial charge in [0, 0.05) is 0 Å². The predicted octanol–water partition coefficient (Wildman–Crippen LogP) is 4.16. The highest BCUT2D eigenvalue weighted by molar-refractivity contribution is 5.37. The maximum absolute atomic E-state index is 5.45. The second-order valence-corrected chi connectivity index (χ2v) is 4.82. The first-order valence-corrected chi connectivity index (χ1v) is 6.01. The van der Waals surface area contributed by atoms with Crippen LogP contribution >= 0.6 is 0 Å². The third-order valence-electron chi connectivity index (χ3n) is 3.59. The first-order valence-electron chi connectivity index (χ1n) is 6.01. The summed E-state index contributed by atoms with van der Waals surface area (Å²) in [6.07, 6.45) is 4.73. The van der Waals surface area contributed by atoms with Crippen LogP contribution in [-0.2, 0) is 0 Å². The van der Waals surface area contributed by atoms with Gasteiger partial charge in [0.1, 0.15) is 5.75 Å². The van der Waals surface area contributed by atoms with Crippen LogP contribution in [0.1, 0.15) is 38.2 Å². The SMILES string of the molecule is COc1ccccc1[C@H]1CC=C(C)CC1C. The van der Waals surface area contributed by atoms with E-state index in [9.17, 15) is 0 Å². The molecule has 86 valence electrons. The monoisotopic (exact) mass is 216 g/mol. The molecule has 0 fully saturated rings. The highest BCUT2D eigenvalue weighted by Crippen LogP contribution is 2.40. The van der Waals surface area contributed by atoms with Crippen molar-refractivity contribution in [1.82, 2.24) is 0 Å². The number of allylic oxidation sites excluding steroid dienone is 2. The van der Waals surface area contributed by atoms with E-state index in [1.165, 1.54) is 17.6 Å². The topological polar surface area (TPSA) is 9.23 Å². The summed E-state index contributed by atoms with van der Waals surface area (Å²) in [5, 5.41) is 0. The first-order chi connectivity index (χ1) is 7.72. The van der Waals surface area contributed by atoms with Gasteiger partial charge in [-0.3, -0.25) is 0 Å². The zero-order valence-corrected chi connectivity index (χ0v) is 10.4. The molecule has 0 spiro atoms. The molecule has 0 amide bonds. The second-order valence-electron chi connectivity index (χ2n) is 4.82. The molecule has 0 heterocycles. The summed E-state index contributed by atoms with van der Waals surface area (Å²) >= 11 is 0. The molecule has 2 atom stereocenters. The number of benzene rings is 1. The van der Waals surface area contributed by atoms with Crippen molar-refractivity contribution in [2.75, 3.05) is 7.11 Å². The molecule has 0 saturated carbocycles. The van der Waals surface area contributed by atoms with E-state index in [0.717, 1.165) is 12.2 Å². The normalized spacial score (nSPS) is 25.1. The Hall–Kier alpha value is -1.24. The van der Waals surface area contributed by atoms with Gasteiger partial charge in [0.15, 0.2) is 0 Å². The maximum atomic E-state index is 5.45. The van der Waals surface area contributed by atoms with Gasteiger partial charge < -0.3 is 4.74 Å². The summed E-state index contributed by atoms with van der Waals surface area (Å²) in [6.45, 7) is 4.57. The molecule has 1 heteroatoms. The average Bonchev–Trinajstić information content (AvgIpc) is 2.29. The van der Waals surface area contributed by atoms with Gasteiger partial charge in [0.25, 0.3) is 0 Å². The standard InChI is InChI=1S/C15H20O/c1-11-8-9-13(12(2)10-11)14-6-4-5-7-15(14)16-3/h4-8,12-13H,9-10H2,1-3H3/t12?,13-/m0/s1. The Morgan fingerprint density at radius 3 is 2.69 bits per heavy atom. The van der Waals surface area contributed by atoms with Crippen LogP contribution in [0.4, 0.5) is 0 Å². The predicted molar refractivity (Wildman–Crippen MR) is 67.9 cm³/mol. The Morgan fingerprint density at radius 2 is 2.00 bits per heavy atom. The zero-order chi connectivity index (χ0) is 11.5. The molecule has 0 aromatic heterocycles. The van der Waals surface area contributed by atoms with Crippen molar-refractivity contribution in [3.63, 3.8) is 0 Å². The van der Waals surface area contributed by atoms with Crippen LogP contribution in [0.15, 0.2) is 35.9 Å². The van der Waals surface area contributed by atoms with E-state index in [-0.39, 0.29) is 0 Å². The zero-order valence-electron chi connectivity index (χ0n) is 10.4. The van der Waals surface area contributed by atoms with Gasteiger partial charge in [-0.2, -0.15) is 0 Å². The molecule has 1 aliphatic carbocycles. The lowest BCUT2D eigenvalue weighted by atomic mass is 9.77. The van der Waals surface area contributed by atoms with E-state index in [0.29, 0.717) is 11.8 Å². The summed E-state index contributed by atoms with van der Waals surface area (Å²) in [5.41, 5.74) is 2.89. The third kappa shape index (κ3) is 2.13. The number of methoxy groups -OCH3 is 1. The van der Waals surface area contributed by atoms with Crippen molar-refractivity contribution in [1.29, 1.82) is 0 Å². The minimum atomic E-state index is 0.611.